The van der Waals surface area contributed by atoms with Gasteiger partial charge in [0, 0.05) is 0 Å². The van der Waals surface area contributed by atoms with Crippen molar-refractivity contribution in [3.63, 3.8) is 0 Å². The van der Waals surface area contributed by atoms with Gasteiger partial charge in [-0.05, 0) is 18.2 Å². The molecule has 0 spiro atoms. The number of hydrogen-bond acceptors (Lipinski definition) is 4. The van der Waals surface area contributed by atoms with Gasteiger partial charge >= 0.3 is 5.97 Å². The number of carboxylic acids is 1. The Morgan fingerprint density at radius 3 is 1.83 bits per heavy atom. The molecule has 29 heavy (non-hydrogen) atoms. The van der Waals surface area contributed by atoms with Gasteiger partial charge in [0.25, 0.3) is 0 Å². The molecule has 174 valence electrons. The first-order chi connectivity index (χ1) is 13.6. The van der Waals surface area contributed by atoms with Gasteiger partial charge < -0.3 is 18.6 Å². The molecule has 0 bridgehead atoms. The van der Waals surface area contributed by atoms with Crippen LogP contribution in [0.15, 0.2) is 0 Å². The zero-order chi connectivity index (χ0) is 22.2. The fraction of sp³-hybridized carbons (Fsp3) is 0.952. The van der Waals surface area contributed by atoms with Gasteiger partial charge in [-0.15, -0.1) is 0 Å². The van der Waals surface area contributed by atoms with Gasteiger partial charge in [-0.2, -0.15) is 0 Å². The smallest absolute Gasteiger partial charge is 0.306 e. The molecule has 0 heterocycles. The van der Waals surface area contributed by atoms with E-state index in [4.69, 9.17) is 26.0 Å². The normalized spacial score (nSPS) is 15.2. The Morgan fingerprint density at radius 2 is 1.41 bits per heavy atom. The van der Waals surface area contributed by atoms with E-state index in [2.05, 4.69) is 19.2 Å². The number of quaternary nitrogens is 1. The van der Waals surface area contributed by atoms with Crippen LogP contribution in [0.2, 0.25) is 0 Å². The van der Waals surface area contributed by atoms with Gasteiger partial charge in [-0.25, -0.2) is 0 Å². The van der Waals surface area contributed by atoms with Gasteiger partial charge in [-0.1, -0.05) is 89.8 Å². The van der Waals surface area contributed by atoms with Crippen LogP contribution in [0, 0.1) is 0 Å². The van der Waals surface area contributed by atoms with Gasteiger partial charge in [0.15, 0.2) is 0 Å². The van der Waals surface area contributed by atoms with Crippen LogP contribution in [-0.2, 0) is 25.6 Å². The average Bonchev–Trinajstić information content (AvgIpc) is 2.56. The molecular formula is C21H45NO4PS2+. The number of nitrogens with zero attached hydrogens (tertiary/aromatic N) is 1. The van der Waals surface area contributed by atoms with Crippen LogP contribution in [0.1, 0.15) is 90.4 Å². The largest absolute Gasteiger partial charge is 0.481 e. The highest BCUT2D eigenvalue weighted by Gasteiger charge is 2.27. The minimum atomic E-state index is -2.72. The Kier molecular flexibility index (Phi) is 17.2. The predicted molar refractivity (Wildman–Crippen MR) is 130 cm³/mol. The number of carboxylic acid groups (broad SMARTS) is 1. The van der Waals surface area contributed by atoms with Gasteiger partial charge in [0.2, 0.25) is 5.69 Å². The van der Waals surface area contributed by atoms with Gasteiger partial charge in [-0.3, -0.25) is 4.79 Å². The van der Waals surface area contributed by atoms with E-state index in [1.165, 1.54) is 64.2 Å². The fourth-order valence-electron chi connectivity index (χ4n) is 3.28. The van der Waals surface area contributed by atoms with Crippen molar-refractivity contribution in [1.82, 2.24) is 0 Å². The number of carbonyl (C=O) groups is 1. The lowest BCUT2D eigenvalue weighted by molar-refractivity contribution is -0.873. The summed E-state index contributed by atoms with van der Waals surface area (Å²) in [6.45, 7) is 3.34. The third kappa shape index (κ3) is 21.4. The van der Waals surface area contributed by atoms with Crippen molar-refractivity contribution in [2.75, 3.05) is 34.3 Å². The van der Waals surface area contributed by atoms with Crippen molar-refractivity contribution in [1.29, 1.82) is 0 Å². The van der Waals surface area contributed by atoms with E-state index in [9.17, 15) is 4.79 Å². The van der Waals surface area contributed by atoms with Crippen molar-refractivity contribution < 1.29 is 23.4 Å². The minimum absolute atomic E-state index is 0.0869. The second kappa shape index (κ2) is 17.0. The molecule has 1 N–H and O–H groups in total. The Morgan fingerprint density at radius 1 is 0.966 bits per heavy atom. The van der Waals surface area contributed by atoms with E-state index < -0.39 is 17.8 Å². The molecule has 0 saturated carbocycles. The maximum atomic E-state index is 11.1. The lowest BCUT2D eigenvalue weighted by Crippen LogP contribution is -2.42. The van der Waals surface area contributed by atoms with Crippen molar-refractivity contribution >= 4 is 35.7 Å². The maximum Gasteiger partial charge on any atom is 0.306 e. The van der Waals surface area contributed by atoms with Crippen LogP contribution in [0.5, 0.6) is 0 Å². The molecule has 0 aliphatic heterocycles. The molecule has 0 radical (unpaired) electrons. The standard InChI is InChI=1S/C21H44NO4PS2/c1-5-6-7-8-9-10-11-12-13-14-15-16-17-25-27(28,29)26-20(18-21(23)24)19-22(2,3)4/h20H,5-19H2,1-4H3,(H-,23,24,28,29)/p+1/t20-/m1/s1. The molecule has 5 nitrogen and oxygen atoms in total. The van der Waals surface area contributed by atoms with E-state index in [1.807, 2.05) is 21.1 Å². The second-order valence-electron chi connectivity index (χ2n) is 8.99. The molecule has 0 fully saturated rings. The summed E-state index contributed by atoms with van der Waals surface area (Å²) in [7, 11) is 5.98. The number of hydrogen-bond donors (Lipinski definition) is 2. The van der Waals surface area contributed by atoms with Crippen molar-refractivity contribution in [2.24, 2.45) is 0 Å². The SMILES string of the molecule is CCCCCCCCCCCCCCOP(=S)(S)O[C@H](CC(=O)O)C[N+](C)(C)C. The number of likely N-dealkylation sites (N-methyl/N-ethyl adjacent to an activating group) is 1. The molecule has 0 aromatic rings. The van der Waals surface area contributed by atoms with Gasteiger partial charge in [0.1, 0.15) is 12.6 Å². The van der Waals surface area contributed by atoms with Crippen LogP contribution in [0.25, 0.3) is 0 Å². The van der Waals surface area contributed by atoms with Crippen LogP contribution < -0.4 is 0 Å². The summed E-state index contributed by atoms with van der Waals surface area (Å²) in [6.07, 6.45) is 14.9. The fourth-order valence-corrected chi connectivity index (χ4v) is 5.45. The van der Waals surface area contributed by atoms with Crippen LogP contribution in [-0.4, -0.2) is 56.0 Å². The summed E-state index contributed by atoms with van der Waals surface area (Å²) in [4.78, 5) is 11.1. The van der Waals surface area contributed by atoms with E-state index >= 15 is 0 Å². The van der Waals surface area contributed by atoms with E-state index in [-0.39, 0.29) is 6.42 Å². The first kappa shape index (κ1) is 29.4. The molecule has 8 heteroatoms. The maximum absolute atomic E-state index is 11.1. The zero-order valence-corrected chi connectivity index (χ0v) is 21.7. The molecule has 0 aliphatic carbocycles. The summed E-state index contributed by atoms with van der Waals surface area (Å²) in [6, 6.07) is 0. The summed E-state index contributed by atoms with van der Waals surface area (Å²) in [5.74, 6) is -0.896. The van der Waals surface area contributed by atoms with Crippen LogP contribution in [0.3, 0.4) is 0 Å². The van der Waals surface area contributed by atoms with Crippen molar-refractivity contribution in [3.8, 4) is 0 Å². The molecule has 1 unspecified atom stereocenters. The van der Waals surface area contributed by atoms with Crippen LogP contribution in [0.4, 0.5) is 0 Å². The first-order valence-corrected chi connectivity index (χ1v) is 15.0. The Bertz CT molecular complexity index is 472. The summed E-state index contributed by atoms with van der Waals surface area (Å²) < 4.78 is 12.1. The van der Waals surface area contributed by atoms with E-state index in [0.29, 0.717) is 17.6 Å². The van der Waals surface area contributed by atoms with Crippen LogP contribution >= 0.6 is 17.9 Å². The third-order valence-electron chi connectivity index (χ3n) is 4.69. The molecule has 0 amide bonds. The molecule has 0 aromatic heterocycles. The molecular weight excluding hydrogens is 425 g/mol. The monoisotopic (exact) mass is 470 g/mol. The highest BCUT2D eigenvalue weighted by molar-refractivity contribution is 8.60. The first-order valence-electron chi connectivity index (χ1n) is 11.2. The Hall–Kier alpha value is 0.350. The number of thiol groups is 1. The molecule has 0 aromatic carbocycles. The second-order valence-corrected chi connectivity index (χ2v) is 14.2. The number of aliphatic carboxylic acids is 1. The summed E-state index contributed by atoms with van der Waals surface area (Å²) in [5.41, 5.74) is -2.72. The molecule has 2 atom stereocenters. The lowest BCUT2D eigenvalue weighted by atomic mass is 10.1. The summed E-state index contributed by atoms with van der Waals surface area (Å²) in [5, 5.41) is 9.10. The lowest BCUT2D eigenvalue weighted by Gasteiger charge is -2.30. The van der Waals surface area contributed by atoms with Gasteiger partial charge in [0.05, 0.1) is 34.2 Å². The molecule has 0 aliphatic rings. The predicted octanol–water partition coefficient (Wildman–Crippen LogP) is 6.42. The zero-order valence-electron chi connectivity index (χ0n) is 19.1. The third-order valence-corrected chi connectivity index (χ3v) is 6.97. The molecule has 0 saturated heterocycles. The topological polar surface area (TPSA) is 55.8 Å². The quantitative estimate of drug-likeness (QED) is 0.0930. The summed E-state index contributed by atoms with van der Waals surface area (Å²) >= 11 is 9.77. The van der Waals surface area contributed by atoms with E-state index in [1.54, 1.807) is 0 Å². The average molecular weight is 471 g/mol. The highest BCUT2D eigenvalue weighted by Crippen LogP contribution is 2.54. The number of rotatable bonds is 20. The minimum Gasteiger partial charge on any atom is -0.481 e. The van der Waals surface area contributed by atoms with Crippen molar-refractivity contribution in [2.45, 2.75) is 96.5 Å². The molecule has 0 rings (SSSR count). The highest BCUT2D eigenvalue weighted by atomic mass is 32.9. The number of unbranched alkanes of at least 4 members (excludes halogenated alkanes) is 11. The van der Waals surface area contributed by atoms with Crippen molar-refractivity contribution in [3.05, 3.63) is 0 Å². The Labute approximate surface area is 189 Å². The van der Waals surface area contributed by atoms with E-state index in [0.717, 1.165) is 12.8 Å². The Balaban J connectivity index is 3.82.